The molecule has 0 radical (unpaired) electrons. The summed E-state index contributed by atoms with van der Waals surface area (Å²) in [6.45, 7) is 2.15. The minimum atomic E-state index is -0.326. The predicted molar refractivity (Wildman–Crippen MR) is 70.2 cm³/mol. The third kappa shape index (κ3) is 2.36. The number of fused-ring (bicyclic) bond motifs is 1. The number of nitrogens with two attached hydrogens (primary N) is 1. The van der Waals surface area contributed by atoms with Crippen LogP contribution in [0, 0.1) is 0 Å². The van der Waals surface area contributed by atoms with Crippen LogP contribution in [0.4, 0.5) is 0 Å². The Balaban J connectivity index is 2.47. The maximum atomic E-state index is 11.9. The molecule has 3 nitrogen and oxygen atoms in total. The number of aryl methyl sites for hydroxylation is 1. The zero-order valence-corrected chi connectivity index (χ0v) is 11.2. The Kier molecular flexibility index (Phi) is 3.52. The summed E-state index contributed by atoms with van der Waals surface area (Å²) in [6, 6.07) is 5.86. The van der Waals surface area contributed by atoms with Gasteiger partial charge in [0.05, 0.1) is 12.2 Å². The fourth-order valence-electron chi connectivity index (χ4n) is 2.02. The summed E-state index contributed by atoms with van der Waals surface area (Å²) in [4.78, 5) is 11.9. The Bertz CT molecular complexity index is 494. The van der Waals surface area contributed by atoms with Crippen LogP contribution in [0.5, 0.6) is 0 Å². The fraction of sp³-hybridized carbons (Fsp3) is 0.308. The first-order valence-electron chi connectivity index (χ1n) is 5.58. The summed E-state index contributed by atoms with van der Waals surface area (Å²) in [7, 11) is 0. The van der Waals surface area contributed by atoms with Gasteiger partial charge in [0.25, 0.3) is 0 Å². The van der Waals surface area contributed by atoms with E-state index in [0.717, 1.165) is 22.0 Å². The standard InChI is InChI=1S/C13H14BrNO2/c1-2-17-13(16)12-10-5-4-9(14)7-8(10)3-6-11(12)15/h4-5,7H,2-3,6,15H2,1H3. The number of hydrogen-bond donors (Lipinski definition) is 1. The molecule has 1 aromatic carbocycles. The summed E-state index contributed by atoms with van der Waals surface area (Å²) < 4.78 is 6.06. The van der Waals surface area contributed by atoms with E-state index >= 15 is 0 Å². The molecular weight excluding hydrogens is 282 g/mol. The van der Waals surface area contributed by atoms with Crippen molar-refractivity contribution in [1.82, 2.24) is 0 Å². The van der Waals surface area contributed by atoms with Gasteiger partial charge < -0.3 is 10.5 Å². The normalized spacial score (nSPS) is 14.5. The molecule has 1 aliphatic rings. The van der Waals surface area contributed by atoms with Crippen LogP contribution in [0.25, 0.3) is 5.57 Å². The van der Waals surface area contributed by atoms with Gasteiger partial charge in [0.1, 0.15) is 0 Å². The number of rotatable bonds is 2. The van der Waals surface area contributed by atoms with E-state index in [1.807, 2.05) is 18.2 Å². The maximum Gasteiger partial charge on any atom is 0.340 e. The molecule has 0 bridgehead atoms. The van der Waals surface area contributed by atoms with Gasteiger partial charge in [-0.15, -0.1) is 0 Å². The summed E-state index contributed by atoms with van der Waals surface area (Å²) in [5, 5.41) is 0. The first-order chi connectivity index (χ1) is 8.13. The van der Waals surface area contributed by atoms with Crippen molar-refractivity contribution in [2.75, 3.05) is 6.61 Å². The molecule has 4 heteroatoms. The molecule has 90 valence electrons. The second-order valence-electron chi connectivity index (χ2n) is 3.92. The Hall–Kier alpha value is -1.29. The second kappa shape index (κ2) is 4.92. The third-order valence-electron chi connectivity index (χ3n) is 2.80. The number of hydrogen-bond acceptors (Lipinski definition) is 3. The summed E-state index contributed by atoms with van der Waals surface area (Å²) in [5.41, 5.74) is 9.12. The lowest BCUT2D eigenvalue weighted by molar-refractivity contribution is -0.136. The molecule has 0 spiro atoms. The SMILES string of the molecule is CCOC(=O)C1=C(N)CCc2cc(Br)ccc21. The van der Waals surface area contributed by atoms with Gasteiger partial charge in [-0.1, -0.05) is 22.0 Å². The van der Waals surface area contributed by atoms with Crippen molar-refractivity contribution in [3.8, 4) is 0 Å². The van der Waals surface area contributed by atoms with Crippen molar-refractivity contribution in [1.29, 1.82) is 0 Å². The second-order valence-corrected chi connectivity index (χ2v) is 4.84. The van der Waals surface area contributed by atoms with E-state index in [1.165, 1.54) is 0 Å². The predicted octanol–water partition coefficient (Wildman–Crippen LogP) is 2.63. The lowest BCUT2D eigenvalue weighted by atomic mass is 9.89. The molecule has 1 aromatic rings. The molecule has 1 aliphatic carbocycles. The monoisotopic (exact) mass is 295 g/mol. The van der Waals surface area contributed by atoms with Crippen molar-refractivity contribution in [3.05, 3.63) is 39.5 Å². The largest absolute Gasteiger partial charge is 0.462 e. The van der Waals surface area contributed by atoms with Crippen molar-refractivity contribution in [2.24, 2.45) is 5.73 Å². The van der Waals surface area contributed by atoms with Gasteiger partial charge in [0.15, 0.2) is 0 Å². The van der Waals surface area contributed by atoms with E-state index in [2.05, 4.69) is 15.9 Å². The average Bonchev–Trinajstić information content (AvgIpc) is 2.29. The topological polar surface area (TPSA) is 52.3 Å². The molecule has 0 saturated carbocycles. The van der Waals surface area contributed by atoms with Crippen molar-refractivity contribution < 1.29 is 9.53 Å². The minimum absolute atomic E-state index is 0.326. The smallest absolute Gasteiger partial charge is 0.340 e. The van der Waals surface area contributed by atoms with Crippen LogP contribution in [0.15, 0.2) is 28.4 Å². The van der Waals surface area contributed by atoms with Gasteiger partial charge in [-0.05, 0) is 43.0 Å². The van der Waals surface area contributed by atoms with E-state index in [0.29, 0.717) is 24.3 Å². The summed E-state index contributed by atoms with van der Waals surface area (Å²) >= 11 is 3.43. The Morgan fingerprint density at radius 2 is 2.24 bits per heavy atom. The van der Waals surface area contributed by atoms with Gasteiger partial charge >= 0.3 is 5.97 Å². The van der Waals surface area contributed by atoms with Crippen LogP contribution in [0.2, 0.25) is 0 Å². The molecule has 0 saturated heterocycles. The highest BCUT2D eigenvalue weighted by atomic mass is 79.9. The molecule has 0 heterocycles. The summed E-state index contributed by atoms with van der Waals surface area (Å²) in [6.07, 6.45) is 1.57. The lowest BCUT2D eigenvalue weighted by Crippen LogP contribution is -2.18. The molecule has 0 aromatic heterocycles. The van der Waals surface area contributed by atoms with E-state index in [9.17, 15) is 4.79 Å². The zero-order valence-electron chi connectivity index (χ0n) is 9.63. The van der Waals surface area contributed by atoms with Crippen molar-refractivity contribution in [3.63, 3.8) is 0 Å². The number of carbonyl (C=O) groups is 1. The van der Waals surface area contributed by atoms with Gasteiger partial charge in [0.2, 0.25) is 0 Å². The molecule has 0 amide bonds. The molecule has 0 unspecified atom stereocenters. The third-order valence-corrected chi connectivity index (χ3v) is 3.29. The van der Waals surface area contributed by atoms with Gasteiger partial charge in [-0.25, -0.2) is 4.79 Å². The van der Waals surface area contributed by atoms with Crippen LogP contribution >= 0.6 is 15.9 Å². The highest BCUT2D eigenvalue weighted by Crippen LogP contribution is 2.31. The van der Waals surface area contributed by atoms with E-state index in [1.54, 1.807) is 6.92 Å². The van der Waals surface area contributed by atoms with Crippen LogP contribution in [0.3, 0.4) is 0 Å². The van der Waals surface area contributed by atoms with Gasteiger partial charge in [-0.2, -0.15) is 0 Å². The van der Waals surface area contributed by atoms with E-state index in [4.69, 9.17) is 10.5 Å². The molecule has 0 aliphatic heterocycles. The number of allylic oxidation sites excluding steroid dienone is 1. The first kappa shape index (κ1) is 12.2. The number of ether oxygens (including phenoxy) is 1. The Morgan fingerprint density at radius 1 is 1.47 bits per heavy atom. The van der Waals surface area contributed by atoms with Gasteiger partial charge in [-0.3, -0.25) is 0 Å². The molecule has 17 heavy (non-hydrogen) atoms. The van der Waals surface area contributed by atoms with Crippen LogP contribution in [-0.4, -0.2) is 12.6 Å². The maximum absolute atomic E-state index is 11.9. The molecule has 0 atom stereocenters. The highest BCUT2D eigenvalue weighted by Gasteiger charge is 2.23. The Morgan fingerprint density at radius 3 is 2.94 bits per heavy atom. The number of halogens is 1. The number of esters is 1. The average molecular weight is 296 g/mol. The van der Waals surface area contributed by atoms with Crippen LogP contribution < -0.4 is 5.73 Å². The molecular formula is C13H14BrNO2. The van der Waals surface area contributed by atoms with Gasteiger partial charge in [0, 0.05) is 10.2 Å². The minimum Gasteiger partial charge on any atom is -0.462 e. The summed E-state index contributed by atoms with van der Waals surface area (Å²) in [5.74, 6) is -0.326. The quantitative estimate of drug-likeness (QED) is 0.854. The van der Waals surface area contributed by atoms with E-state index < -0.39 is 0 Å². The van der Waals surface area contributed by atoms with Crippen molar-refractivity contribution in [2.45, 2.75) is 19.8 Å². The molecule has 2 N–H and O–H groups in total. The lowest BCUT2D eigenvalue weighted by Gasteiger charge is -2.20. The fourth-order valence-corrected chi connectivity index (χ4v) is 2.43. The first-order valence-corrected chi connectivity index (χ1v) is 6.37. The van der Waals surface area contributed by atoms with Crippen LogP contribution in [-0.2, 0) is 16.0 Å². The highest BCUT2D eigenvalue weighted by molar-refractivity contribution is 9.10. The van der Waals surface area contributed by atoms with Crippen molar-refractivity contribution >= 4 is 27.5 Å². The van der Waals surface area contributed by atoms with Crippen LogP contribution in [0.1, 0.15) is 24.5 Å². The Labute approximate surface area is 109 Å². The number of benzene rings is 1. The zero-order chi connectivity index (χ0) is 12.4. The van der Waals surface area contributed by atoms with E-state index in [-0.39, 0.29) is 5.97 Å². The molecule has 2 rings (SSSR count). The number of carbonyl (C=O) groups excluding carboxylic acids is 1. The molecule has 0 fully saturated rings.